The first-order valence-electron chi connectivity index (χ1n) is 21.7. The molecule has 0 aliphatic rings. The Hall–Kier alpha value is -6.26. The topological polar surface area (TPSA) is 50.9 Å². The molecule has 0 bridgehead atoms. The van der Waals surface area contributed by atoms with Crippen LogP contribution in [0.25, 0.3) is 72.7 Å². The van der Waals surface area contributed by atoms with Crippen LogP contribution in [0, 0.1) is 13.8 Å². The number of aromatic nitrogens is 3. The van der Waals surface area contributed by atoms with Gasteiger partial charge in [0.1, 0.15) is 11.6 Å². The predicted octanol–water partition coefficient (Wildman–Crippen LogP) is 15.4. The minimum absolute atomic E-state index is 0.0119. The molecule has 2 aromatic heterocycles. The Morgan fingerprint density at radius 2 is 1.23 bits per heavy atom. The molecule has 6 aromatic carbocycles. The number of imidazole rings is 1. The van der Waals surface area contributed by atoms with Gasteiger partial charge in [0.25, 0.3) is 0 Å². The molecule has 2 heterocycles. The first kappa shape index (κ1) is 41.5. The minimum atomic E-state index is -0.132. The number of phenolic OH excluding ortho intramolecular Hbond substituents is 1. The zero-order chi connectivity index (χ0) is 43.4. The van der Waals surface area contributed by atoms with Crippen LogP contribution in [0.15, 0.2) is 140 Å². The van der Waals surface area contributed by atoms with Crippen molar-refractivity contribution in [2.24, 2.45) is 0 Å². The third-order valence-corrected chi connectivity index (χ3v) is 12.6. The lowest BCUT2D eigenvalue weighted by atomic mass is 9.81. The fourth-order valence-electron chi connectivity index (χ4n) is 8.39. The number of rotatable bonds is 8. The van der Waals surface area contributed by atoms with Gasteiger partial charge in [0.15, 0.2) is 0 Å². The van der Waals surface area contributed by atoms with E-state index in [1.807, 2.05) is 19.2 Å². The Bertz CT molecular complexity index is 2900. The average Bonchev–Trinajstić information content (AvgIpc) is 3.64. The number of phenols is 1. The first-order chi connectivity index (χ1) is 28.9. The molecule has 0 amide bonds. The van der Waals surface area contributed by atoms with Gasteiger partial charge in [0.2, 0.25) is 0 Å². The molecule has 4 nitrogen and oxygen atoms in total. The molecule has 61 heavy (non-hydrogen) atoms. The van der Waals surface area contributed by atoms with Crippen molar-refractivity contribution in [3.63, 3.8) is 0 Å². The molecule has 0 saturated carbocycles. The van der Waals surface area contributed by atoms with Crippen LogP contribution in [-0.2, 0) is 16.2 Å². The Balaban J connectivity index is 1.38. The molecule has 1 N–H and O–H groups in total. The predicted molar refractivity (Wildman–Crippen MR) is 258 cm³/mol. The summed E-state index contributed by atoms with van der Waals surface area (Å²) in [5.74, 6) is 0.940. The summed E-state index contributed by atoms with van der Waals surface area (Å²) in [6.45, 7) is 24.5. The number of para-hydroxylation sites is 1. The van der Waals surface area contributed by atoms with Gasteiger partial charge in [0, 0.05) is 22.9 Å². The first-order valence-corrected chi connectivity index (χ1v) is 21.7. The smallest absolute Gasteiger partial charge is 0.149 e. The van der Waals surface area contributed by atoms with Crippen molar-refractivity contribution in [2.45, 2.75) is 98.8 Å². The molecule has 0 aliphatic carbocycles. The van der Waals surface area contributed by atoms with E-state index in [0.717, 1.165) is 73.3 Å². The van der Waals surface area contributed by atoms with Gasteiger partial charge >= 0.3 is 0 Å². The highest BCUT2D eigenvalue weighted by molar-refractivity contribution is 5.98. The maximum atomic E-state index is 11.8. The van der Waals surface area contributed by atoms with Crippen molar-refractivity contribution in [1.29, 1.82) is 0 Å². The molecule has 0 fully saturated rings. The Morgan fingerprint density at radius 3 is 1.92 bits per heavy atom. The van der Waals surface area contributed by atoms with Crippen LogP contribution in [0.4, 0.5) is 0 Å². The van der Waals surface area contributed by atoms with E-state index < -0.39 is 0 Å². The normalized spacial score (nSPS) is 12.3. The standard InChI is InChI=1S/C57H59N3O/c1-12-57(10,11)44-25-26-50(47(35-44)39-17-14-13-15-18-39)60-51-20-16-19-46(52(51)59-54(60)48-30-36(2)29-37(3)53(48)61)41-31-42(33-45(32-41)56(7,8)9)49-34-40(27-28-58-49)38-21-23-43(24-22-38)55(4,5)6/h13-35,61H,12H2,1-11H3. The van der Waals surface area contributed by atoms with Gasteiger partial charge in [0.05, 0.1) is 28.0 Å². The summed E-state index contributed by atoms with van der Waals surface area (Å²) < 4.78 is 2.27. The number of aryl methyl sites for hydroxylation is 2. The van der Waals surface area contributed by atoms with Gasteiger partial charge in [-0.15, -0.1) is 0 Å². The highest BCUT2D eigenvalue weighted by atomic mass is 16.3. The lowest BCUT2D eigenvalue weighted by molar-refractivity contribution is 0.472. The lowest BCUT2D eigenvalue weighted by Gasteiger charge is -2.26. The van der Waals surface area contributed by atoms with Crippen LogP contribution >= 0.6 is 0 Å². The molecule has 0 unspecified atom stereocenters. The molecule has 0 radical (unpaired) electrons. The number of benzene rings is 6. The number of nitrogens with zero attached hydrogens (tertiary/aromatic N) is 3. The second-order valence-corrected chi connectivity index (χ2v) is 19.6. The number of aromatic hydroxyl groups is 1. The molecule has 8 rings (SSSR count). The highest BCUT2D eigenvalue weighted by Gasteiger charge is 2.26. The number of pyridine rings is 1. The number of hydrogen-bond donors (Lipinski definition) is 1. The summed E-state index contributed by atoms with van der Waals surface area (Å²) in [6, 6.07) is 48.2. The van der Waals surface area contributed by atoms with Crippen molar-refractivity contribution in [3.05, 3.63) is 167 Å². The van der Waals surface area contributed by atoms with E-state index >= 15 is 0 Å². The zero-order valence-corrected chi connectivity index (χ0v) is 37.8. The van der Waals surface area contributed by atoms with E-state index in [4.69, 9.17) is 9.97 Å². The van der Waals surface area contributed by atoms with Gasteiger partial charge in [-0.2, -0.15) is 0 Å². The van der Waals surface area contributed by atoms with E-state index in [1.165, 1.54) is 22.3 Å². The highest BCUT2D eigenvalue weighted by Crippen LogP contribution is 2.43. The summed E-state index contributed by atoms with van der Waals surface area (Å²) in [4.78, 5) is 10.5. The summed E-state index contributed by atoms with van der Waals surface area (Å²) in [5, 5.41) is 11.8. The summed E-state index contributed by atoms with van der Waals surface area (Å²) in [6.07, 6.45) is 2.94. The molecule has 0 spiro atoms. The molecule has 0 aliphatic heterocycles. The molecule has 0 atom stereocenters. The summed E-state index contributed by atoms with van der Waals surface area (Å²) in [7, 11) is 0. The van der Waals surface area contributed by atoms with Crippen molar-refractivity contribution >= 4 is 11.0 Å². The third-order valence-electron chi connectivity index (χ3n) is 12.6. The van der Waals surface area contributed by atoms with Gasteiger partial charge in [-0.05, 0) is 135 Å². The second kappa shape index (κ2) is 15.6. The lowest BCUT2D eigenvalue weighted by Crippen LogP contribution is -2.16. The molecule has 8 aromatic rings. The maximum absolute atomic E-state index is 11.8. The number of hydrogen-bond acceptors (Lipinski definition) is 3. The molecule has 308 valence electrons. The average molecular weight is 802 g/mol. The van der Waals surface area contributed by atoms with Gasteiger partial charge in [-0.3, -0.25) is 9.55 Å². The monoisotopic (exact) mass is 801 g/mol. The van der Waals surface area contributed by atoms with Crippen molar-refractivity contribution in [1.82, 2.24) is 14.5 Å². The van der Waals surface area contributed by atoms with Crippen molar-refractivity contribution in [2.75, 3.05) is 0 Å². The SMILES string of the molecule is CCC(C)(C)c1ccc(-n2c(-c3cc(C)cc(C)c3O)nc3c(-c4cc(-c5cc(-c6ccc(C(C)(C)C)cc6)ccn5)cc(C(C)(C)C)c4)cccc32)c(-c2ccccc2)c1. The second-order valence-electron chi connectivity index (χ2n) is 19.6. The molecular weight excluding hydrogens is 743 g/mol. The Morgan fingerprint density at radius 1 is 0.541 bits per heavy atom. The van der Waals surface area contributed by atoms with E-state index in [9.17, 15) is 5.11 Å². The fraction of sp³-hybridized carbons (Fsp3) is 0.263. The van der Waals surface area contributed by atoms with Crippen LogP contribution in [0.3, 0.4) is 0 Å². The molecular formula is C57H59N3O. The van der Waals surface area contributed by atoms with E-state index in [-0.39, 0.29) is 22.0 Å². The van der Waals surface area contributed by atoms with Crippen LogP contribution in [0.5, 0.6) is 5.75 Å². The minimum Gasteiger partial charge on any atom is -0.507 e. The fourth-order valence-corrected chi connectivity index (χ4v) is 8.39. The molecule has 4 heteroatoms. The summed E-state index contributed by atoms with van der Waals surface area (Å²) >= 11 is 0. The van der Waals surface area contributed by atoms with Gasteiger partial charge < -0.3 is 5.11 Å². The Kier molecular flexibility index (Phi) is 10.6. The van der Waals surface area contributed by atoms with Gasteiger partial charge in [-0.25, -0.2) is 4.98 Å². The molecule has 0 saturated heterocycles. The Labute approximate surface area is 363 Å². The largest absolute Gasteiger partial charge is 0.507 e. The zero-order valence-electron chi connectivity index (χ0n) is 37.8. The van der Waals surface area contributed by atoms with E-state index in [0.29, 0.717) is 11.4 Å². The maximum Gasteiger partial charge on any atom is 0.149 e. The van der Waals surface area contributed by atoms with Crippen LogP contribution in [0.2, 0.25) is 0 Å². The van der Waals surface area contributed by atoms with E-state index in [1.54, 1.807) is 0 Å². The van der Waals surface area contributed by atoms with E-state index in [2.05, 4.69) is 201 Å². The quantitative estimate of drug-likeness (QED) is 0.166. The van der Waals surface area contributed by atoms with Crippen molar-refractivity contribution < 1.29 is 5.11 Å². The van der Waals surface area contributed by atoms with Gasteiger partial charge in [-0.1, -0.05) is 147 Å². The number of fused-ring (bicyclic) bond motifs is 1. The summed E-state index contributed by atoms with van der Waals surface area (Å²) in [5.41, 5.74) is 17.8. The van der Waals surface area contributed by atoms with Crippen LogP contribution in [0.1, 0.15) is 96.6 Å². The van der Waals surface area contributed by atoms with Crippen molar-refractivity contribution in [3.8, 4) is 67.5 Å². The van der Waals surface area contributed by atoms with Crippen LogP contribution in [-0.4, -0.2) is 19.6 Å². The van der Waals surface area contributed by atoms with Crippen LogP contribution < -0.4 is 0 Å². The third kappa shape index (κ3) is 8.04.